The highest BCUT2D eigenvalue weighted by Gasteiger charge is 2.17. The van der Waals surface area contributed by atoms with Gasteiger partial charge in [-0.25, -0.2) is 0 Å². The van der Waals surface area contributed by atoms with E-state index in [4.69, 9.17) is 14.2 Å². The van der Waals surface area contributed by atoms with Crippen LogP contribution < -0.4 is 0 Å². The minimum Gasteiger partial charge on any atom is -0.388 e. The highest BCUT2D eigenvalue weighted by atomic mass is 79.9. The molecule has 0 bridgehead atoms. The van der Waals surface area contributed by atoms with Crippen molar-refractivity contribution in [3.63, 3.8) is 0 Å². The number of hydrogen-bond acceptors (Lipinski definition) is 5. The molecule has 0 atom stereocenters. The Morgan fingerprint density at radius 1 is 0.824 bits per heavy atom. The fraction of sp³-hybridized carbons (Fsp3) is 1.00. The summed E-state index contributed by atoms with van der Waals surface area (Å²) in [5.74, 6) is 0. The predicted molar refractivity (Wildman–Crippen MR) is 71.6 cm³/mol. The first-order chi connectivity index (χ1) is 7.71. The SMILES string of the molecule is CC(C)(O)COCCOCCOCC(O)(Br)Br. The smallest absolute Gasteiger partial charge is 0.198 e. The first kappa shape index (κ1) is 17.8. The maximum absolute atomic E-state index is 9.35. The van der Waals surface area contributed by atoms with Crippen molar-refractivity contribution in [3.8, 4) is 0 Å². The Labute approximate surface area is 119 Å². The molecule has 0 aromatic carbocycles. The lowest BCUT2D eigenvalue weighted by Crippen LogP contribution is -2.27. The molecule has 0 aromatic rings. The Bertz CT molecular complexity index is 168. The minimum atomic E-state index is -1.17. The summed E-state index contributed by atoms with van der Waals surface area (Å²) in [6.45, 7) is 5.50. The Morgan fingerprint density at radius 3 is 1.65 bits per heavy atom. The van der Waals surface area contributed by atoms with Gasteiger partial charge in [0.15, 0.2) is 3.42 Å². The molecule has 7 heteroatoms. The number of rotatable bonds is 10. The van der Waals surface area contributed by atoms with E-state index < -0.39 is 9.02 Å². The van der Waals surface area contributed by atoms with Gasteiger partial charge >= 0.3 is 0 Å². The van der Waals surface area contributed by atoms with Gasteiger partial charge in [0.2, 0.25) is 0 Å². The molecule has 0 saturated heterocycles. The van der Waals surface area contributed by atoms with Crippen LogP contribution >= 0.6 is 31.9 Å². The largest absolute Gasteiger partial charge is 0.388 e. The molecule has 2 N–H and O–H groups in total. The van der Waals surface area contributed by atoms with Crippen LogP contribution in [0.4, 0.5) is 0 Å². The first-order valence-corrected chi connectivity index (χ1v) is 6.85. The Balaban J connectivity index is 3.15. The molecule has 17 heavy (non-hydrogen) atoms. The normalized spacial score (nSPS) is 13.1. The number of hydrogen-bond donors (Lipinski definition) is 2. The van der Waals surface area contributed by atoms with Gasteiger partial charge in [0, 0.05) is 0 Å². The molecule has 104 valence electrons. The third kappa shape index (κ3) is 16.8. The average molecular weight is 380 g/mol. The van der Waals surface area contributed by atoms with Gasteiger partial charge in [-0.2, -0.15) is 0 Å². The molecule has 0 amide bonds. The van der Waals surface area contributed by atoms with Crippen LogP contribution in [0.25, 0.3) is 0 Å². The highest BCUT2D eigenvalue weighted by Crippen LogP contribution is 2.21. The third-order valence-corrected chi connectivity index (χ3v) is 1.93. The number of alkyl halides is 2. The summed E-state index contributed by atoms with van der Waals surface area (Å²) in [5.41, 5.74) is -0.806. The van der Waals surface area contributed by atoms with Crippen LogP contribution in [0, 0.1) is 0 Å². The minimum absolute atomic E-state index is 0.131. The zero-order valence-corrected chi connectivity index (χ0v) is 13.3. The van der Waals surface area contributed by atoms with Crippen molar-refractivity contribution in [2.45, 2.75) is 22.9 Å². The third-order valence-electron chi connectivity index (χ3n) is 1.48. The average Bonchev–Trinajstić information content (AvgIpc) is 2.11. The zero-order valence-electron chi connectivity index (χ0n) is 10.1. The van der Waals surface area contributed by atoms with Crippen molar-refractivity contribution in [1.29, 1.82) is 0 Å². The van der Waals surface area contributed by atoms with Gasteiger partial charge in [-0.3, -0.25) is 0 Å². The molecule has 0 heterocycles. The molecular formula is C10H20Br2O5. The molecular weight excluding hydrogens is 360 g/mol. The lowest BCUT2D eigenvalue weighted by molar-refractivity contribution is -0.0437. The van der Waals surface area contributed by atoms with Crippen molar-refractivity contribution in [1.82, 2.24) is 0 Å². The summed E-state index contributed by atoms with van der Waals surface area (Å²) in [4.78, 5) is 0. The van der Waals surface area contributed by atoms with Crippen molar-refractivity contribution >= 4 is 31.9 Å². The Kier molecular flexibility index (Phi) is 9.18. The predicted octanol–water partition coefficient (Wildman–Crippen LogP) is 1.24. The van der Waals surface area contributed by atoms with Crippen molar-refractivity contribution in [2.75, 3.05) is 39.6 Å². The molecule has 0 fully saturated rings. The molecule has 0 saturated carbocycles. The summed E-state index contributed by atoms with van der Waals surface area (Å²) in [7, 11) is 0. The maximum Gasteiger partial charge on any atom is 0.198 e. The van der Waals surface area contributed by atoms with Crippen LogP contribution in [0.15, 0.2) is 0 Å². The van der Waals surface area contributed by atoms with E-state index in [0.29, 0.717) is 26.4 Å². The molecule has 0 rings (SSSR count). The van der Waals surface area contributed by atoms with Gasteiger partial charge < -0.3 is 24.4 Å². The summed E-state index contributed by atoms with van der Waals surface area (Å²) in [5, 5.41) is 18.5. The molecule has 0 aromatic heterocycles. The van der Waals surface area contributed by atoms with Crippen LogP contribution in [-0.2, 0) is 14.2 Å². The van der Waals surface area contributed by atoms with Crippen LogP contribution in [0.1, 0.15) is 13.8 Å². The molecule has 0 unspecified atom stereocenters. The van der Waals surface area contributed by atoms with E-state index in [1.165, 1.54) is 0 Å². The van der Waals surface area contributed by atoms with Gasteiger partial charge in [-0.15, -0.1) is 0 Å². The molecule has 0 aliphatic carbocycles. The van der Waals surface area contributed by atoms with Crippen LogP contribution in [-0.4, -0.2) is 58.9 Å². The van der Waals surface area contributed by atoms with Gasteiger partial charge in [-0.1, -0.05) is 0 Å². The lowest BCUT2D eigenvalue weighted by atomic mass is 10.2. The standard InChI is InChI=1S/C10H20Br2O5/c1-9(2,13)7-16-5-3-15-4-6-17-8-10(11,12)14/h13-14H,3-8H2,1-2H3. The van der Waals surface area contributed by atoms with E-state index in [0.717, 1.165) is 0 Å². The van der Waals surface area contributed by atoms with Crippen LogP contribution in [0.2, 0.25) is 0 Å². The zero-order chi connectivity index (χ0) is 13.4. The molecule has 0 aliphatic rings. The van der Waals surface area contributed by atoms with Gasteiger partial charge in [0.1, 0.15) is 0 Å². The Hall–Kier alpha value is 0.760. The fourth-order valence-corrected chi connectivity index (χ4v) is 1.18. The number of halogens is 2. The number of aliphatic hydroxyl groups is 2. The monoisotopic (exact) mass is 378 g/mol. The summed E-state index contributed by atoms with van der Waals surface area (Å²) in [6.07, 6.45) is 0. The highest BCUT2D eigenvalue weighted by molar-refractivity contribution is 9.25. The molecule has 0 spiro atoms. The van der Waals surface area contributed by atoms with Crippen LogP contribution in [0.5, 0.6) is 0 Å². The van der Waals surface area contributed by atoms with E-state index in [1.54, 1.807) is 13.8 Å². The van der Waals surface area contributed by atoms with E-state index in [1.807, 2.05) is 0 Å². The first-order valence-electron chi connectivity index (χ1n) is 5.26. The second-order valence-electron chi connectivity index (χ2n) is 4.20. The quantitative estimate of drug-likeness (QED) is 0.441. The summed E-state index contributed by atoms with van der Waals surface area (Å²) < 4.78 is 14.3. The van der Waals surface area contributed by atoms with E-state index in [-0.39, 0.29) is 13.2 Å². The van der Waals surface area contributed by atoms with Gasteiger partial charge in [0.25, 0.3) is 0 Å². The van der Waals surface area contributed by atoms with E-state index in [9.17, 15) is 10.2 Å². The van der Waals surface area contributed by atoms with Crippen molar-refractivity contribution < 1.29 is 24.4 Å². The van der Waals surface area contributed by atoms with Gasteiger partial charge in [-0.05, 0) is 45.7 Å². The lowest BCUT2D eigenvalue weighted by Gasteiger charge is -2.17. The molecule has 5 nitrogen and oxygen atoms in total. The van der Waals surface area contributed by atoms with Crippen molar-refractivity contribution in [3.05, 3.63) is 0 Å². The topological polar surface area (TPSA) is 68.2 Å². The molecule has 0 radical (unpaired) electrons. The maximum atomic E-state index is 9.35. The van der Waals surface area contributed by atoms with Crippen molar-refractivity contribution in [2.24, 2.45) is 0 Å². The Morgan fingerprint density at radius 2 is 1.24 bits per heavy atom. The van der Waals surface area contributed by atoms with Crippen LogP contribution in [0.3, 0.4) is 0 Å². The fourth-order valence-electron chi connectivity index (χ4n) is 0.855. The summed E-state index contributed by atoms with van der Waals surface area (Å²) >= 11 is 5.93. The van der Waals surface area contributed by atoms with Gasteiger partial charge in [0.05, 0.1) is 45.2 Å². The second-order valence-corrected chi connectivity index (χ2v) is 7.88. The summed E-state index contributed by atoms with van der Waals surface area (Å²) in [6, 6.07) is 0. The van der Waals surface area contributed by atoms with E-state index in [2.05, 4.69) is 31.9 Å². The second kappa shape index (κ2) is 8.79. The number of ether oxygens (including phenoxy) is 3. The van der Waals surface area contributed by atoms with E-state index >= 15 is 0 Å². The molecule has 0 aliphatic heterocycles.